The molecule has 2 heteroatoms. The van der Waals surface area contributed by atoms with Crippen molar-refractivity contribution in [2.75, 3.05) is 13.1 Å². The van der Waals surface area contributed by atoms with E-state index in [1.807, 2.05) is 0 Å². The van der Waals surface area contributed by atoms with Gasteiger partial charge in [0.25, 0.3) is 0 Å². The van der Waals surface area contributed by atoms with Crippen LogP contribution in [0.1, 0.15) is 51.9 Å². The molecule has 1 atom stereocenters. The molecule has 1 saturated carbocycles. The van der Waals surface area contributed by atoms with Crippen LogP contribution in [0.4, 0.5) is 0 Å². The lowest BCUT2D eigenvalue weighted by atomic mass is 9.89. The summed E-state index contributed by atoms with van der Waals surface area (Å²) in [5.41, 5.74) is 0. The molecule has 1 heterocycles. The number of rotatable bonds is 2. The van der Waals surface area contributed by atoms with Crippen molar-refractivity contribution < 1.29 is 0 Å². The number of likely N-dealkylation sites (tertiary alicyclic amines) is 1. The van der Waals surface area contributed by atoms with Crippen molar-refractivity contribution in [3.05, 3.63) is 0 Å². The Kier molecular flexibility index (Phi) is 4.33. The van der Waals surface area contributed by atoms with Gasteiger partial charge < -0.3 is 4.90 Å². The van der Waals surface area contributed by atoms with Gasteiger partial charge in [-0.25, -0.2) is 0 Å². The molecule has 2 fully saturated rings. The Labute approximate surface area is 99.2 Å². The van der Waals surface area contributed by atoms with Gasteiger partial charge in [0, 0.05) is 11.4 Å². The summed E-state index contributed by atoms with van der Waals surface area (Å²) in [6, 6.07) is 0.908. The molecule has 1 aliphatic heterocycles. The third-order valence-electron chi connectivity index (χ3n) is 4.31. The molecule has 1 unspecified atom stereocenters. The Morgan fingerprint density at radius 3 is 2.13 bits per heavy atom. The third kappa shape index (κ3) is 3.10. The number of nitrogens with zero attached hydrogens (tertiary/aromatic N) is 1. The lowest BCUT2D eigenvalue weighted by Gasteiger charge is -2.39. The topological polar surface area (TPSA) is 3.24 Å². The molecule has 0 aromatic heterocycles. The van der Waals surface area contributed by atoms with E-state index < -0.39 is 0 Å². The standard InChI is InChI=1S/C13H24ClN/c1-11(14)12-7-9-15(10-8-12)13-5-3-2-4-6-13/h11-13H,2-10H2,1H3. The Morgan fingerprint density at radius 1 is 1.00 bits per heavy atom. The van der Waals surface area contributed by atoms with Crippen molar-refractivity contribution in [3.63, 3.8) is 0 Å². The number of hydrogen-bond donors (Lipinski definition) is 0. The average molecular weight is 230 g/mol. The molecule has 0 spiro atoms. The summed E-state index contributed by atoms with van der Waals surface area (Å²) < 4.78 is 0. The van der Waals surface area contributed by atoms with E-state index in [0.717, 1.165) is 12.0 Å². The van der Waals surface area contributed by atoms with Crippen LogP contribution in [-0.4, -0.2) is 29.4 Å². The normalized spacial score (nSPS) is 29.2. The first-order chi connectivity index (χ1) is 7.27. The van der Waals surface area contributed by atoms with E-state index in [9.17, 15) is 0 Å². The van der Waals surface area contributed by atoms with Gasteiger partial charge in [0.15, 0.2) is 0 Å². The molecule has 2 aliphatic rings. The van der Waals surface area contributed by atoms with Crippen molar-refractivity contribution in [1.82, 2.24) is 4.90 Å². The van der Waals surface area contributed by atoms with Crippen LogP contribution in [0.3, 0.4) is 0 Å². The molecule has 88 valence electrons. The monoisotopic (exact) mass is 229 g/mol. The van der Waals surface area contributed by atoms with Gasteiger partial charge >= 0.3 is 0 Å². The Morgan fingerprint density at radius 2 is 1.60 bits per heavy atom. The SMILES string of the molecule is CC(Cl)C1CCN(C2CCCCC2)CC1. The molecular formula is C13H24ClN. The third-order valence-corrected chi connectivity index (χ3v) is 4.67. The van der Waals surface area contributed by atoms with Gasteiger partial charge in [0.2, 0.25) is 0 Å². The second-order valence-corrected chi connectivity index (χ2v) is 6.03. The number of alkyl halides is 1. The van der Waals surface area contributed by atoms with E-state index in [1.54, 1.807) is 0 Å². The molecule has 1 saturated heterocycles. The van der Waals surface area contributed by atoms with Crippen LogP contribution in [0.2, 0.25) is 0 Å². The van der Waals surface area contributed by atoms with Gasteiger partial charge in [0.1, 0.15) is 0 Å². The van der Waals surface area contributed by atoms with Crippen LogP contribution >= 0.6 is 11.6 Å². The van der Waals surface area contributed by atoms with E-state index in [2.05, 4.69) is 11.8 Å². The highest BCUT2D eigenvalue weighted by Gasteiger charge is 2.27. The zero-order valence-electron chi connectivity index (χ0n) is 9.92. The molecule has 15 heavy (non-hydrogen) atoms. The maximum Gasteiger partial charge on any atom is 0.0337 e. The number of halogens is 1. The van der Waals surface area contributed by atoms with Crippen molar-refractivity contribution in [2.24, 2.45) is 5.92 Å². The summed E-state index contributed by atoms with van der Waals surface area (Å²) in [4.78, 5) is 2.73. The first-order valence-electron chi connectivity index (χ1n) is 6.65. The summed E-state index contributed by atoms with van der Waals surface area (Å²) in [6.07, 6.45) is 9.91. The fourth-order valence-electron chi connectivity index (χ4n) is 3.19. The molecule has 0 bridgehead atoms. The van der Waals surface area contributed by atoms with Gasteiger partial charge in [-0.05, 0) is 51.6 Å². The summed E-state index contributed by atoms with van der Waals surface area (Å²) in [7, 11) is 0. The van der Waals surface area contributed by atoms with Gasteiger partial charge in [-0.1, -0.05) is 19.3 Å². The van der Waals surface area contributed by atoms with Gasteiger partial charge in [-0.3, -0.25) is 0 Å². The quantitative estimate of drug-likeness (QED) is 0.654. The van der Waals surface area contributed by atoms with E-state index in [-0.39, 0.29) is 0 Å². The fraction of sp³-hybridized carbons (Fsp3) is 1.00. The second kappa shape index (κ2) is 5.54. The summed E-state index contributed by atoms with van der Waals surface area (Å²) in [6.45, 7) is 4.75. The highest BCUT2D eigenvalue weighted by molar-refractivity contribution is 6.20. The van der Waals surface area contributed by atoms with Crippen LogP contribution in [0.5, 0.6) is 0 Å². The van der Waals surface area contributed by atoms with Crippen molar-refractivity contribution in [3.8, 4) is 0 Å². The highest BCUT2D eigenvalue weighted by Crippen LogP contribution is 2.29. The Balaban J connectivity index is 1.77. The van der Waals surface area contributed by atoms with Crippen LogP contribution < -0.4 is 0 Å². The molecule has 0 aromatic carbocycles. The minimum atomic E-state index is 0.374. The van der Waals surface area contributed by atoms with Crippen LogP contribution in [0, 0.1) is 5.92 Å². The van der Waals surface area contributed by atoms with E-state index in [1.165, 1.54) is 58.0 Å². The van der Waals surface area contributed by atoms with E-state index in [4.69, 9.17) is 11.6 Å². The van der Waals surface area contributed by atoms with E-state index in [0.29, 0.717) is 5.38 Å². The molecule has 1 nitrogen and oxygen atoms in total. The molecule has 2 rings (SSSR count). The minimum absolute atomic E-state index is 0.374. The summed E-state index contributed by atoms with van der Waals surface area (Å²) in [5, 5.41) is 0.374. The maximum absolute atomic E-state index is 6.17. The first kappa shape index (κ1) is 11.7. The highest BCUT2D eigenvalue weighted by atomic mass is 35.5. The predicted octanol–water partition coefficient (Wildman–Crippen LogP) is 3.66. The van der Waals surface area contributed by atoms with Crippen molar-refractivity contribution in [1.29, 1.82) is 0 Å². The zero-order valence-corrected chi connectivity index (χ0v) is 10.7. The van der Waals surface area contributed by atoms with Crippen molar-refractivity contribution >= 4 is 11.6 Å². The molecule has 1 aliphatic carbocycles. The van der Waals surface area contributed by atoms with Gasteiger partial charge in [0.05, 0.1) is 0 Å². The second-order valence-electron chi connectivity index (χ2n) is 5.34. The van der Waals surface area contributed by atoms with E-state index >= 15 is 0 Å². The lowest BCUT2D eigenvalue weighted by Crippen LogP contribution is -2.43. The number of piperidine rings is 1. The summed E-state index contributed by atoms with van der Waals surface area (Å²) >= 11 is 6.17. The first-order valence-corrected chi connectivity index (χ1v) is 7.09. The Bertz CT molecular complexity index is 179. The molecule has 0 aromatic rings. The molecule has 0 radical (unpaired) electrons. The molecular weight excluding hydrogens is 206 g/mol. The average Bonchev–Trinajstić information content (AvgIpc) is 2.30. The van der Waals surface area contributed by atoms with Crippen LogP contribution in [-0.2, 0) is 0 Å². The molecule has 0 amide bonds. The largest absolute Gasteiger partial charge is 0.300 e. The van der Waals surface area contributed by atoms with Crippen LogP contribution in [0.25, 0.3) is 0 Å². The fourth-order valence-corrected chi connectivity index (χ4v) is 3.44. The van der Waals surface area contributed by atoms with Gasteiger partial charge in [-0.2, -0.15) is 0 Å². The predicted molar refractivity (Wildman–Crippen MR) is 66.5 cm³/mol. The zero-order chi connectivity index (χ0) is 10.7. The number of hydrogen-bond acceptors (Lipinski definition) is 1. The van der Waals surface area contributed by atoms with Crippen molar-refractivity contribution in [2.45, 2.75) is 63.3 Å². The summed E-state index contributed by atoms with van der Waals surface area (Å²) in [5.74, 6) is 0.770. The lowest BCUT2D eigenvalue weighted by molar-refractivity contribution is 0.107. The smallest absolute Gasteiger partial charge is 0.0337 e. The minimum Gasteiger partial charge on any atom is -0.300 e. The maximum atomic E-state index is 6.17. The van der Waals surface area contributed by atoms with Crippen LogP contribution in [0.15, 0.2) is 0 Å². The Hall–Kier alpha value is 0.250. The molecule has 0 N–H and O–H groups in total. The van der Waals surface area contributed by atoms with Gasteiger partial charge in [-0.15, -0.1) is 11.6 Å².